The SMILES string of the molecule is Oc1cc(C(F)(F)F)cc2ccc(Cl)cc12. The van der Waals surface area contributed by atoms with Crippen molar-refractivity contribution in [2.75, 3.05) is 0 Å². The molecule has 0 atom stereocenters. The van der Waals surface area contributed by atoms with Crippen molar-refractivity contribution in [1.82, 2.24) is 0 Å². The highest BCUT2D eigenvalue weighted by Gasteiger charge is 2.31. The molecule has 0 saturated heterocycles. The Hall–Kier alpha value is -1.42. The number of hydrogen-bond acceptors (Lipinski definition) is 1. The Balaban J connectivity index is 2.74. The summed E-state index contributed by atoms with van der Waals surface area (Å²) in [6.45, 7) is 0. The first kappa shape index (κ1) is 11.1. The second-order valence-electron chi connectivity index (χ2n) is 3.36. The van der Waals surface area contributed by atoms with Crippen molar-refractivity contribution in [3.05, 3.63) is 40.9 Å². The number of hydrogen-bond donors (Lipinski definition) is 1. The predicted octanol–water partition coefficient (Wildman–Crippen LogP) is 4.22. The second kappa shape index (κ2) is 3.56. The lowest BCUT2D eigenvalue weighted by molar-refractivity contribution is -0.137. The molecule has 16 heavy (non-hydrogen) atoms. The number of halogens is 4. The van der Waals surface area contributed by atoms with Crippen LogP contribution in [-0.4, -0.2) is 5.11 Å². The van der Waals surface area contributed by atoms with Crippen LogP contribution < -0.4 is 0 Å². The topological polar surface area (TPSA) is 20.2 Å². The molecule has 0 radical (unpaired) electrons. The van der Waals surface area contributed by atoms with E-state index in [-0.39, 0.29) is 0 Å². The monoisotopic (exact) mass is 246 g/mol. The van der Waals surface area contributed by atoms with Crippen LogP contribution in [0.2, 0.25) is 5.02 Å². The van der Waals surface area contributed by atoms with E-state index in [1.54, 1.807) is 0 Å². The van der Waals surface area contributed by atoms with E-state index in [0.717, 1.165) is 6.07 Å². The highest BCUT2D eigenvalue weighted by Crippen LogP contribution is 2.36. The molecule has 2 rings (SSSR count). The van der Waals surface area contributed by atoms with Crippen molar-refractivity contribution in [2.45, 2.75) is 6.18 Å². The maximum Gasteiger partial charge on any atom is 0.416 e. The van der Waals surface area contributed by atoms with Gasteiger partial charge in [-0.3, -0.25) is 0 Å². The minimum Gasteiger partial charge on any atom is -0.507 e. The Labute approximate surface area is 94.1 Å². The molecule has 2 aromatic carbocycles. The summed E-state index contributed by atoms with van der Waals surface area (Å²) in [5, 5.41) is 10.5. The van der Waals surface area contributed by atoms with Crippen LogP contribution in [0.3, 0.4) is 0 Å². The smallest absolute Gasteiger partial charge is 0.416 e. The van der Waals surface area contributed by atoms with E-state index in [9.17, 15) is 18.3 Å². The summed E-state index contributed by atoms with van der Waals surface area (Å²) in [7, 11) is 0. The molecule has 0 amide bonds. The van der Waals surface area contributed by atoms with Crippen molar-refractivity contribution in [3.8, 4) is 5.75 Å². The largest absolute Gasteiger partial charge is 0.507 e. The fourth-order valence-corrected chi connectivity index (χ4v) is 1.65. The highest BCUT2D eigenvalue weighted by molar-refractivity contribution is 6.31. The zero-order chi connectivity index (χ0) is 11.9. The van der Waals surface area contributed by atoms with Crippen molar-refractivity contribution in [1.29, 1.82) is 0 Å². The first-order valence-electron chi connectivity index (χ1n) is 4.37. The van der Waals surface area contributed by atoms with Crippen LogP contribution in [-0.2, 0) is 6.18 Å². The minimum absolute atomic E-state index is 0.303. The first-order valence-corrected chi connectivity index (χ1v) is 4.75. The summed E-state index contributed by atoms with van der Waals surface area (Å²) in [6, 6.07) is 6.01. The summed E-state index contributed by atoms with van der Waals surface area (Å²) >= 11 is 5.69. The Morgan fingerprint density at radius 1 is 1.06 bits per heavy atom. The lowest BCUT2D eigenvalue weighted by atomic mass is 10.1. The van der Waals surface area contributed by atoms with Gasteiger partial charge >= 0.3 is 6.18 Å². The summed E-state index contributed by atoms with van der Waals surface area (Å²) in [5.74, 6) is -0.424. The predicted molar refractivity (Wildman–Crippen MR) is 55.6 cm³/mol. The molecule has 84 valence electrons. The van der Waals surface area contributed by atoms with Crippen molar-refractivity contribution in [2.24, 2.45) is 0 Å². The van der Waals surface area contributed by atoms with Gasteiger partial charge in [-0.1, -0.05) is 17.7 Å². The van der Waals surface area contributed by atoms with Gasteiger partial charge < -0.3 is 5.11 Å². The van der Waals surface area contributed by atoms with Crippen LogP contribution in [0.15, 0.2) is 30.3 Å². The minimum atomic E-state index is -4.47. The standard InChI is InChI=1S/C11H6ClF3O/c12-8-2-1-6-3-7(11(13,14)15)4-10(16)9(6)5-8/h1-5,16H. The fraction of sp³-hybridized carbons (Fsp3) is 0.0909. The fourth-order valence-electron chi connectivity index (χ4n) is 1.47. The molecule has 2 aromatic rings. The first-order chi connectivity index (χ1) is 7.38. The Morgan fingerprint density at radius 3 is 2.38 bits per heavy atom. The average Bonchev–Trinajstić information content (AvgIpc) is 2.17. The molecule has 5 heteroatoms. The van der Waals surface area contributed by atoms with E-state index in [0.29, 0.717) is 21.9 Å². The number of aromatic hydroxyl groups is 1. The third-order valence-electron chi connectivity index (χ3n) is 2.22. The molecule has 1 N–H and O–H groups in total. The van der Waals surface area contributed by atoms with Crippen molar-refractivity contribution < 1.29 is 18.3 Å². The summed E-state index contributed by atoms with van der Waals surface area (Å²) in [4.78, 5) is 0. The highest BCUT2D eigenvalue weighted by atomic mass is 35.5. The molecular weight excluding hydrogens is 241 g/mol. The number of benzene rings is 2. The summed E-state index contributed by atoms with van der Waals surface area (Å²) in [5.41, 5.74) is -0.875. The van der Waals surface area contributed by atoms with E-state index in [1.165, 1.54) is 18.2 Å². The molecule has 0 unspecified atom stereocenters. The molecule has 0 spiro atoms. The Kier molecular flexibility index (Phi) is 2.46. The van der Waals surface area contributed by atoms with E-state index in [4.69, 9.17) is 11.6 Å². The van der Waals surface area contributed by atoms with Gasteiger partial charge in [0.15, 0.2) is 0 Å². The maximum absolute atomic E-state index is 12.4. The van der Waals surface area contributed by atoms with Crippen LogP contribution in [0.5, 0.6) is 5.75 Å². The zero-order valence-corrected chi connectivity index (χ0v) is 8.60. The number of phenols is 1. The van der Waals surface area contributed by atoms with Crippen molar-refractivity contribution in [3.63, 3.8) is 0 Å². The summed E-state index contributed by atoms with van der Waals surface area (Å²) < 4.78 is 37.3. The molecule has 0 heterocycles. The van der Waals surface area contributed by atoms with Crippen LogP contribution in [0.1, 0.15) is 5.56 Å². The quantitative estimate of drug-likeness (QED) is 0.738. The molecule has 0 aromatic heterocycles. The van der Waals surface area contributed by atoms with E-state index >= 15 is 0 Å². The Morgan fingerprint density at radius 2 is 1.75 bits per heavy atom. The zero-order valence-electron chi connectivity index (χ0n) is 7.85. The van der Waals surface area contributed by atoms with Gasteiger partial charge in [-0.2, -0.15) is 13.2 Å². The molecule has 0 saturated carbocycles. The van der Waals surface area contributed by atoms with E-state index in [2.05, 4.69) is 0 Å². The van der Waals surface area contributed by atoms with E-state index < -0.39 is 17.5 Å². The molecule has 0 aliphatic carbocycles. The number of alkyl halides is 3. The number of rotatable bonds is 0. The second-order valence-corrected chi connectivity index (χ2v) is 3.80. The van der Waals surface area contributed by atoms with Crippen LogP contribution in [0.4, 0.5) is 13.2 Å². The van der Waals surface area contributed by atoms with Gasteiger partial charge in [0.2, 0.25) is 0 Å². The van der Waals surface area contributed by atoms with E-state index in [1.807, 2.05) is 0 Å². The van der Waals surface area contributed by atoms with Gasteiger partial charge in [0.05, 0.1) is 5.56 Å². The van der Waals surface area contributed by atoms with Gasteiger partial charge in [-0.15, -0.1) is 0 Å². The maximum atomic E-state index is 12.4. The molecule has 0 fully saturated rings. The van der Waals surface area contributed by atoms with Gasteiger partial charge in [-0.05, 0) is 29.7 Å². The van der Waals surface area contributed by atoms with Crippen LogP contribution in [0, 0.1) is 0 Å². The molecule has 0 aliphatic heterocycles. The molecular formula is C11H6ClF3O. The van der Waals surface area contributed by atoms with Gasteiger partial charge in [0.1, 0.15) is 5.75 Å². The van der Waals surface area contributed by atoms with Gasteiger partial charge in [0, 0.05) is 10.4 Å². The molecule has 1 nitrogen and oxygen atoms in total. The third kappa shape index (κ3) is 1.93. The Bertz CT molecular complexity index is 549. The lowest BCUT2D eigenvalue weighted by Crippen LogP contribution is -2.04. The lowest BCUT2D eigenvalue weighted by Gasteiger charge is -2.09. The van der Waals surface area contributed by atoms with Crippen molar-refractivity contribution >= 4 is 22.4 Å². The van der Waals surface area contributed by atoms with Crippen LogP contribution >= 0.6 is 11.6 Å². The van der Waals surface area contributed by atoms with Crippen LogP contribution in [0.25, 0.3) is 10.8 Å². The number of phenolic OH excluding ortho intramolecular Hbond substituents is 1. The van der Waals surface area contributed by atoms with Gasteiger partial charge in [0.25, 0.3) is 0 Å². The third-order valence-corrected chi connectivity index (χ3v) is 2.46. The molecule has 0 bridgehead atoms. The summed E-state index contributed by atoms with van der Waals surface area (Å²) in [6.07, 6.45) is -4.47. The molecule has 0 aliphatic rings. The number of fused-ring (bicyclic) bond motifs is 1. The average molecular weight is 247 g/mol. The van der Waals surface area contributed by atoms with Gasteiger partial charge in [-0.25, -0.2) is 0 Å². The normalized spacial score (nSPS) is 12.0.